The lowest BCUT2D eigenvalue weighted by Gasteiger charge is -2.09. The maximum Gasteiger partial charge on any atom is 0.274 e. The molecule has 1 heterocycles. The van der Waals surface area contributed by atoms with Crippen LogP contribution in [0.3, 0.4) is 0 Å². The third-order valence-corrected chi connectivity index (χ3v) is 3.95. The van der Waals surface area contributed by atoms with E-state index in [-0.39, 0.29) is 23.5 Å². The Kier molecular flexibility index (Phi) is 5.96. The number of hydrogen-bond acceptors (Lipinski definition) is 5. The topological polar surface area (TPSA) is 96.0 Å². The van der Waals surface area contributed by atoms with Crippen LogP contribution in [-0.4, -0.2) is 21.8 Å². The van der Waals surface area contributed by atoms with Crippen LogP contribution in [-0.2, 0) is 11.2 Å². The largest absolute Gasteiger partial charge is 0.326 e. The molecule has 0 aliphatic heterocycles. The molecule has 0 atom stereocenters. The molecule has 3 rings (SSSR count). The Morgan fingerprint density at radius 2 is 1.68 bits per heavy atom. The summed E-state index contributed by atoms with van der Waals surface area (Å²) in [6.45, 7) is 3.52. The normalized spacial score (nSPS) is 10.2. The molecule has 142 valence electrons. The molecule has 7 heteroatoms. The van der Waals surface area contributed by atoms with Crippen molar-refractivity contribution in [1.29, 1.82) is 0 Å². The summed E-state index contributed by atoms with van der Waals surface area (Å²) in [6, 6.07) is 16.4. The summed E-state index contributed by atoms with van der Waals surface area (Å²) in [7, 11) is 0. The number of amides is 2. The van der Waals surface area contributed by atoms with E-state index >= 15 is 0 Å². The quantitative estimate of drug-likeness (QED) is 0.605. The minimum atomic E-state index is -0.318. The van der Waals surface area contributed by atoms with Crippen LogP contribution < -0.4 is 16.0 Å². The van der Waals surface area contributed by atoms with Gasteiger partial charge in [0.25, 0.3) is 5.91 Å². The summed E-state index contributed by atoms with van der Waals surface area (Å²) in [5.74, 6) is -0.185. The number of carbonyl (C=O) groups excluding carboxylic acids is 2. The first-order valence-corrected chi connectivity index (χ1v) is 8.91. The predicted molar refractivity (Wildman–Crippen MR) is 110 cm³/mol. The highest BCUT2D eigenvalue weighted by atomic mass is 16.2. The Bertz CT molecular complexity index is 986. The third-order valence-electron chi connectivity index (χ3n) is 3.95. The first-order chi connectivity index (χ1) is 13.5. The second-order valence-electron chi connectivity index (χ2n) is 6.16. The smallest absolute Gasteiger partial charge is 0.274 e. The molecule has 0 radical (unpaired) electrons. The summed E-state index contributed by atoms with van der Waals surface area (Å²) in [5, 5.41) is 8.58. The molecule has 2 aromatic carbocycles. The Balaban J connectivity index is 1.71. The van der Waals surface area contributed by atoms with Crippen molar-refractivity contribution in [3.63, 3.8) is 0 Å². The zero-order chi connectivity index (χ0) is 19.9. The highest BCUT2D eigenvalue weighted by Gasteiger charge is 2.10. The van der Waals surface area contributed by atoms with Gasteiger partial charge < -0.3 is 16.0 Å². The van der Waals surface area contributed by atoms with E-state index in [0.29, 0.717) is 17.1 Å². The van der Waals surface area contributed by atoms with Crippen LogP contribution in [0, 0.1) is 0 Å². The van der Waals surface area contributed by atoms with E-state index in [1.165, 1.54) is 18.7 Å². The number of aromatic nitrogens is 2. The van der Waals surface area contributed by atoms with Gasteiger partial charge in [0.2, 0.25) is 11.9 Å². The maximum atomic E-state index is 12.5. The van der Waals surface area contributed by atoms with Crippen LogP contribution >= 0.6 is 0 Å². The third kappa shape index (κ3) is 5.14. The summed E-state index contributed by atoms with van der Waals surface area (Å²) in [6.07, 6.45) is 2.46. The van der Waals surface area contributed by atoms with Crippen molar-refractivity contribution < 1.29 is 9.59 Å². The fourth-order valence-electron chi connectivity index (χ4n) is 2.57. The van der Waals surface area contributed by atoms with Gasteiger partial charge in [-0.25, -0.2) is 9.97 Å². The minimum Gasteiger partial charge on any atom is -0.326 e. The first-order valence-electron chi connectivity index (χ1n) is 8.91. The second kappa shape index (κ2) is 8.77. The van der Waals surface area contributed by atoms with Crippen LogP contribution in [0.1, 0.15) is 29.9 Å². The van der Waals surface area contributed by atoms with Gasteiger partial charge >= 0.3 is 0 Å². The number of nitrogens with zero attached hydrogens (tertiary/aromatic N) is 2. The molecular weight excluding hydrogens is 354 g/mol. The van der Waals surface area contributed by atoms with Gasteiger partial charge in [0, 0.05) is 30.2 Å². The number of benzene rings is 2. The van der Waals surface area contributed by atoms with E-state index in [9.17, 15) is 9.59 Å². The van der Waals surface area contributed by atoms with Crippen LogP contribution in [0.25, 0.3) is 0 Å². The zero-order valence-corrected chi connectivity index (χ0v) is 15.7. The van der Waals surface area contributed by atoms with E-state index in [4.69, 9.17) is 0 Å². The maximum absolute atomic E-state index is 12.5. The highest BCUT2D eigenvalue weighted by molar-refractivity contribution is 6.03. The van der Waals surface area contributed by atoms with E-state index < -0.39 is 0 Å². The van der Waals surface area contributed by atoms with E-state index in [2.05, 4.69) is 32.8 Å². The molecular formula is C21H21N5O2. The average Bonchev–Trinajstić information content (AvgIpc) is 2.68. The molecule has 0 bridgehead atoms. The molecule has 0 fully saturated rings. The van der Waals surface area contributed by atoms with Crippen LogP contribution in [0.4, 0.5) is 23.0 Å². The van der Waals surface area contributed by atoms with Gasteiger partial charge in [0.05, 0.1) is 0 Å². The molecule has 28 heavy (non-hydrogen) atoms. The summed E-state index contributed by atoms with van der Waals surface area (Å²) in [5.41, 5.74) is 3.50. The number of carbonyl (C=O) groups is 2. The van der Waals surface area contributed by atoms with Gasteiger partial charge in [-0.3, -0.25) is 9.59 Å². The van der Waals surface area contributed by atoms with Crippen molar-refractivity contribution in [1.82, 2.24) is 9.97 Å². The van der Waals surface area contributed by atoms with E-state index in [1.54, 1.807) is 24.3 Å². The summed E-state index contributed by atoms with van der Waals surface area (Å²) in [4.78, 5) is 32.1. The van der Waals surface area contributed by atoms with Crippen LogP contribution in [0.5, 0.6) is 0 Å². The fourth-order valence-corrected chi connectivity index (χ4v) is 2.57. The molecule has 7 nitrogen and oxygen atoms in total. The fraction of sp³-hybridized carbons (Fsp3) is 0.143. The summed E-state index contributed by atoms with van der Waals surface area (Å²) >= 11 is 0. The molecule has 0 aliphatic carbocycles. The molecule has 0 saturated carbocycles. The number of aryl methyl sites for hydroxylation is 1. The van der Waals surface area contributed by atoms with Crippen molar-refractivity contribution in [3.8, 4) is 0 Å². The van der Waals surface area contributed by atoms with Crippen LogP contribution in [0.2, 0.25) is 0 Å². The SMILES string of the molecule is CCc1ccc(NC(=O)c2ccnc(Nc3cccc(NC(C)=O)c3)n2)cc1. The van der Waals surface area contributed by atoms with Gasteiger partial charge in [0.1, 0.15) is 5.69 Å². The van der Waals surface area contributed by atoms with Crippen molar-refractivity contribution >= 4 is 34.8 Å². The minimum absolute atomic E-state index is 0.154. The Labute approximate surface area is 163 Å². The monoisotopic (exact) mass is 375 g/mol. The number of rotatable bonds is 6. The van der Waals surface area contributed by atoms with Gasteiger partial charge in [-0.15, -0.1) is 0 Å². The zero-order valence-electron chi connectivity index (χ0n) is 15.7. The van der Waals surface area contributed by atoms with Crippen molar-refractivity contribution in [3.05, 3.63) is 72.1 Å². The molecule has 2 amide bonds. The van der Waals surface area contributed by atoms with Gasteiger partial charge in [-0.1, -0.05) is 25.1 Å². The second-order valence-corrected chi connectivity index (χ2v) is 6.16. The lowest BCUT2D eigenvalue weighted by atomic mass is 10.1. The number of hydrogen-bond donors (Lipinski definition) is 3. The predicted octanol–water partition coefficient (Wildman–Crippen LogP) is 3.99. The van der Waals surface area contributed by atoms with Crippen molar-refractivity contribution in [2.24, 2.45) is 0 Å². The molecule has 1 aromatic heterocycles. The van der Waals surface area contributed by atoms with Gasteiger partial charge in [-0.05, 0) is 48.4 Å². The summed E-state index contributed by atoms with van der Waals surface area (Å²) < 4.78 is 0. The molecule has 3 N–H and O–H groups in total. The molecule has 0 aliphatic rings. The average molecular weight is 375 g/mol. The Morgan fingerprint density at radius 3 is 2.39 bits per heavy atom. The van der Waals surface area contributed by atoms with Crippen molar-refractivity contribution in [2.45, 2.75) is 20.3 Å². The van der Waals surface area contributed by atoms with Gasteiger partial charge in [-0.2, -0.15) is 0 Å². The van der Waals surface area contributed by atoms with E-state index in [1.807, 2.05) is 30.3 Å². The molecule has 0 unspecified atom stereocenters. The Morgan fingerprint density at radius 1 is 0.929 bits per heavy atom. The Hall–Kier alpha value is -3.74. The van der Waals surface area contributed by atoms with Gasteiger partial charge in [0.15, 0.2) is 0 Å². The highest BCUT2D eigenvalue weighted by Crippen LogP contribution is 2.18. The molecule has 0 saturated heterocycles. The molecule has 3 aromatic rings. The van der Waals surface area contributed by atoms with Crippen LogP contribution in [0.15, 0.2) is 60.8 Å². The molecule has 0 spiro atoms. The lowest BCUT2D eigenvalue weighted by molar-refractivity contribution is -0.114. The number of nitrogens with one attached hydrogen (secondary N) is 3. The first kappa shape index (κ1) is 19.0. The standard InChI is InChI=1S/C21H21N5O2/c1-3-15-7-9-16(10-8-15)24-20(28)19-11-12-22-21(26-19)25-18-6-4-5-17(13-18)23-14(2)27/h4-13H,3H2,1-2H3,(H,23,27)(H,24,28)(H,22,25,26). The lowest BCUT2D eigenvalue weighted by Crippen LogP contribution is -2.14. The van der Waals surface area contributed by atoms with Crippen molar-refractivity contribution in [2.75, 3.05) is 16.0 Å². The van der Waals surface area contributed by atoms with E-state index in [0.717, 1.165) is 6.42 Å². The number of anilines is 4.